The molecule has 118 valence electrons. The van der Waals surface area contributed by atoms with Crippen LogP contribution in [0.5, 0.6) is 0 Å². The Balaban J connectivity index is 1.50. The van der Waals surface area contributed by atoms with E-state index in [9.17, 15) is 4.79 Å². The van der Waals surface area contributed by atoms with Gasteiger partial charge in [-0.2, -0.15) is 0 Å². The average molecular weight is 298 g/mol. The molecule has 2 atom stereocenters. The van der Waals surface area contributed by atoms with Crippen molar-refractivity contribution in [1.82, 2.24) is 5.32 Å². The summed E-state index contributed by atoms with van der Waals surface area (Å²) in [5.41, 5.74) is 3.73. The summed E-state index contributed by atoms with van der Waals surface area (Å²) in [5.74, 6) is 1.37. The first-order valence-corrected chi connectivity index (χ1v) is 8.56. The molecule has 2 aliphatic rings. The molecule has 0 aliphatic heterocycles. The summed E-state index contributed by atoms with van der Waals surface area (Å²) >= 11 is 0. The van der Waals surface area contributed by atoms with Gasteiger partial charge in [0.1, 0.15) is 0 Å². The minimum absolute atomic E-state index is 0.0950. The van der Waals surface area contributed by atoms with Crippen LogP contribution in [0, 0.1) is 11.8 Å². The van der Waals surface area contributed by atoms with Crippen molar-refractivity contribution >= 4 is 11.7 Å². The van der Waals surface area contributed by atoms with Gasteiger partial charge in [-0.05, 0) is 68.1 Å². The number of benzene rings is 1. The zero-order valence-corrected chi connectivity index (χ0v) is 13.4. The van der Waals surface area contributed by atoms with Crippen molar-refractivity contribution in [2.75, 3.05) is 11.9 Å². The van der Waals surface area contributed by atoms with Gasteiger partial charge in [-0.1, -0.05) is 30.7 Å². The van der Waals surface area contributed by atoms with Crippen LogP contribution < -0.4 is 10.6 Å². The number of aryl methyl sites for hydroxylation is 1. The molecular formula is C19H26N2O. The summed E-state index contributed by atoms with van der Waals surface area (Å²) < 4.78 is 0. The number of carbonyl (C=O) groups excluding carboxylic acids is 1. The molecule has 1 aromatic carbocycles. The van der Waals surface area contributed by atoms with Crippen LogP contribution in [-0.2, 0) is 6.42 Å². The van der Waals surface area contributed by atoms with E-state index in [-0.39, 0.29) is 6.03 Å². The number of rotatable bonds is 4. The van der Waals surface area contributed by atoms with Crippen LogP contribution in [0.1, 0.15) is 44.6 Å². The Labute approximate surface area is 133 Å². The van der Waals surface area contributed by atoms with Crippen molar-refractivity contribution in [3.8, 4) is 0 Å². The van der Waals surface area contributed by atoms with Gasteiger partial charge in [0, 0.05) is 12.2 Å². The Hall–Kier alpha value is -1.77. The van der Waals surface area contributed by atoms with E-state index in [0.717, 1.165) is 24.6 Å². The fourth-order valence-electron chi connectivity index (χ4n) is 3.79. The Morgan fingerprint density at radius 1 is 1.36 bits per heavy atom. The van der Waals surface area contributed by atoms with Crippen molar-refractivity contribution in [3.63, 3.8) is 0 Å². The molecule has 1 aromatic rings. The highest BCUT2D eigenvalue weighted by Gasteiger charge is 2.25. The standard InChI is InChI=1S/C19H26N2O/c1-2-14-5-4-8-18(12-14)21-19(22)20-13-17-10-15-6-3-7-16(9-15)11-17/h4-5,8,10,12,16-17H,2-3,6-7,9,11,13H2,1H3,(H2,20,21,22). The number of nitrogens with one attached hydrogen (secondary N) is 2. The van der Waals surface area contributed by atoms with Crippen LogP contribution in [0.4, 0.5) is 10.5 Å². The molecule has 1 saturated carbocycles. The van der Waals surface area contributed by atoms with E-state index in [0.29, 0.717) is 5.92 Å². The molecule has 3 rings (SSSR count). The minimum atomic E-state index is -0.0950. The molecule has 2 N–H and O–H groups in total. The number of hydrogen-bond acceptors (Lipinski definition) is 1. The first-order chi connectivity index (χ1) is 10.7. The second-order valence-electron chi connectivity index (χ2n) is 6.67. The van der Waals surface area contributed by atoms with Crippen molar-refractivity contribution in [1.29, 1.82) is 0 Å². The lowest BCUT2D eigenvalue weighted by atomic mass is 9.74. The topological polar surface area (TPSA) is 41.1 Å². The lowest BCUT2D eigenvalue weighted by Crippen LogP contribution is -2.34. The third kappa shape index (κ3) is 3.90. The van der Waals surface area contributed by atoms with Gasteiger partial charge in [0.15, 0.2) is 0 Å². The van der Waals surface area contributed by atoms with Gasteiger partial charge in [0.2, 0.25) is 0 Å². The number of fused-ring (bicyclic) bond motifs is 2. The first kappa shape index (κ1) is 15.1. The van der Waals surface area contributed by atoms with Crippen molar-refractivity contribution in [3.05, 3.63) is 41.5 Å². The molecule has 0 aromatic heterocycles. The summed E-state index contributed by atoms with van der Waals surface area (Å²) in [4.78, 5) is 12.1. The molecule has 0 radical (unpaired) electrons. The van der Waals surface area contributed by atoms with Gasteiger partial charge in [0.25, 0.3) is 0 Å². The van der Waals surface area contributed by atoms with E-state index in [1.54, 1.807) is 5.57 Å². The molecule has 1 fully saturated rings. The summed E-state index contributed by atoms with van der Waals surface area (Å²) in [6, 6.07) is 7.94. The average Bonchev–Trinajstić information content (AvgIpc) is 2.53. The quantitative estimate of drug-likeness (QED) is 0.789. The highest BCUT2D eigenvalue weighted by atomic mass is 16.2. The minimum Gasteiger partial charge on any atom is -0.337 e. The maximum atomic E-state index is 12.1. The zero-order valence-electron chi connectivity index (χ0n) is 13.4. The van der Waals surface area contributed by atoms with E-state index < -0.39 is 0 Å². The van der Waals surface area contributed by atoms with Crippen LogP contribution in [0.2, 0.25) is 0 Å². The molecular weight excluding hydrogens is 272 g/mol. The molecule has 3 heteroatoms. The number of amides is 2. The summed E-state index contributed by atoms with van der Waals surface area (Å²) in [6.07, 6.45) is 9.90. The van der Waals surface area contributed by atoms with E-state index in [2.05, 4.69) is 29.7 Å². The van der Waals surface area contributed by atoms with E-state index in [4.69, 9.17) is 0 Å². The first-order valence-electron chi connectivity index (χ1n) is 8.56. The Morgan fingerprint density at radius 2 is 2.27 bits per heavy atom. The van der Waals surface area contributed by atoms with Crippen molar-refractivity contribution in [2.24, 2.45) is 11.8 Å². The van der Waals surface area contributed by atoms with Gasteiger partial charge in [-0.15, -0.1) is 0 Å². The third-order valence-electron chi connectivity index (χ3n) is 4.89. The highest BCUT2D eigenvalue weighted by Crippen LogP contribution is 2.38. The number of allylic oxidation sites excluding steroid dienone is 1. The molecule has 2 aliphatic carbocycles. The number of hydrogen-bond donors (Lipinski definition) is 2. The maximum absolute atomic E-state index is 12.1. The predicted molar refractivity (Wildman–Crippen MR) is 91.0 cm³/mol. The van der Waals surface area contributed by atoms with Gasteiger partial charge in [-0.25, -0.2) is 4.79 Å². The number of anilines is 1. The fraction of sp³-hybridized carbons (Fsp3) is 0.526. The largest absolute Gasteiger partial charge is 0.337 e. The van der Waals surface area contributed by atoms with E-state index >= 15 is 0 Å². The molecule has 0 spiro atoms. The van der Waals surface area contributed by atoms with Gasteiger partial charge >= 0.3 is 6.03 Å². The number of urea groups is 1. The van der Waals surface area contributed by atoms with E-state index in [1.165, 1.54) is 37.7 Å². The molecule has 0 heterocycles. The molecule has 2 bridgehead atoms. The highest BCUT2D eigenvalue weighted by molar-refractivity contribution is 5.89. The van der Waals surface area contributed by atoms with Crippen LogP contribution >= 0.6 is 0 Å². The SMILES string of the molecule is CCc1cccc(NC(=O)NCC2C=C3CCCC(C3)C2)c1. The van der Waals surface area contributed by atoms with Crippen LogP contribution in [0.15, 0.2) is 35.9 Å². The summed E-state index contributed by atoms with van der Waals surface area (Å²) in [6.45, 7) is 2.87. The molecule has 3 nitrogen and oxygen atoms in total. The van der Waals surface area contributed by atoms with E-state index in [1.807, 2.05) is 18.2 Å². The lowest BCUT2D eigenvalue weighted by molar-refractivity contribution is 0.248. The zero-order chi connectivity index (χ0) is 15.4. The Morgan fingerprint density at radius 3 is 3.09 bits per heavy atom. The van der Waals surface area contributed by atoms with Crippen molar-refractivity contribution in [2.45, 2.75) is 45.4 Å². The second-order valence-corrected chi connectivity index (χ2v) is 6.67. The second kappa shape index (κ2) is 6.99. The smallest absolute Gasteiger partial charge is 0.319 e. The van der Waals surface area contributed by atoms with Crippen molar-refractivity contribution < 1.29 is 4.79 Å². The lowest BCUT2D eigenvalue weighted by Gasteiger charge is -2.32. The normalized spacial score (nSPS) is 23.6. The van der Waals surface area contributed by atoms with Crippen LogP contribution in [0.3, 0.4) is 0 Å². The fourth-order valence-corrected chi connectivity index (χ4v) is 3.79. The summed E-state index contributed by atoms with van der Waals surface area (Å²) in [7, 11) is 0. The molecule has 0 saturated heterocycles. The molecule has 2 amide bonds. The van der Waals surface area contributed by atoms with Crippen LogP contribution in [-0.4, -0.2) is 12.6 Å². The van der Waals surface area contributed by atoms with Crippen LogP contribution in [0.25, 0.3) is 0 Å². The predicted octanol–water partition coefficient (Wildman–Crippen LogP) is 4.51. The molecule has 2 unspecified atom stereocenters. The number of carbonyl (C=O) groups is 1. The summed E-state index contributed by atoms with van der Waals surface area (Å²) in [5, 5.41) is 5.97. The van der Waals surface area contributed by atoms with Gasteiger partial charge < -0.3 is 10.6 Å². The van der Waals surface area contributed by atoms with Gasteiger partial charge in [-0.3, -0.25) is 0 Å². The Kier molecular flexibility index (Phi) is 4.81. The molecule has 22 heavy (non-hydrogen) atoms. The third-order valence-corrected chi connectivity index (χ3v) is 4.89. The maximum Gasteiger partial charge on any atom is 0.319 e. The van der Waals surface area contributed by atoms with Gasteiger partial charge in [0.05, 0.1) is 0 Å². The monoisotopic (exact) mass is 298 g/mol. The Bertz CT molecular complexity index is 564.